The van der Waals surface area contributed by atoms with Gasteiger partial charge in [0.15, 0.2) is 23.0 Å². The Morgan fingerprint density at radius 1 is 0.731 bits per heavy atom. The van der Waals surface area contributed by atoms with Crippen LogP contribution in [0.15, 0.2) is 96.0 Å². The number of ether oxygens (including phenoxy) is 4. The monoisotopic (exact) mass is 904 g/mol. The van der Waals surface area contributed by atoms with Crippen molar-refractivity contribution in [2.24, 2.45) is 4.99 Å². The highest BCUT2D eigenvalue weighted by molar-refractivity contribution is 6.15. The first kappa shape index (κ1) is 43.0. The Kier molecular flexibility index (Phi) is 11.5. The number of hydrogen-bond donors (Lipinski definition) is 1. The molecule has 2 atom stereocenters. The summed E-state index contributed by atoms with van der Waals surface area (Å²) < 4.78 is 24.5. The lowest BCUT2D eigenvalue weighted by Gasteiger charge is -2.23. The first-order valence-corrected chi connectivity index (χ1v) is 22.3. The molecule has 0 saturated carbocycles. The molecular formula is C51H48N6O10. The summed E-state index contributed by atoms with van der Waals surface area (Å²) in [5.74, 6) is -0.373. The zero-order chi connectivity index (χ0) is 46.3. The quantitative estimate of drug-likeness (QED) is 0.114. The topological polar surface area (TPSA) is 169 Å². The predicted molar refractivity (Wildman–Crippen MR) is 249 cm³/mol. The van der Waals surface area contributed by atoms with Crippen LogP contribution in [0.5, 0.6) is 23.0 Å². The summed E-state index contributed by atoms with van der Waals surface area (Å²) in [5, 5.41) is 4.05. The fourth-order valence-corrected chi connectivity index (χ4v) is 9.45. The van der Waals surface area contributed by atoms with Crippen molar-refractivity contribution in [1.29, 1.82) is 0 Å². The van der Waals surface area contributed by atoms with E-state index in [1.165, 1.54) is 7.11 Å². The maximum absolute atomic E-state index is 14.1. The number of carbonyl (C=O) groups is 5. The van der Waals surface area contributed by atoms with E-state index in [9.17, 15) is 24.0 Å². The van der Waals surface area contributed by atoms with Crippen molar-refractivity contribution in [1.82, 2.24) is 5.06 Å². The van der Waals surface area contributed by atoms with Gasteiger partial charge in [-0.2, -0.15) is 0 Å². The molecule has 0 aliphatic carbocycles. The molecular weight excluding hydrogens is 857 g/mol. The van der Waals surface area contributed by atoms with E-state index in [2.05, 4.69) is 11.4 Å². The van der Waals surface area contributed by atoms with Crippen LogP contribution in [0.4, 0.5) is 28.4 Å². The van der Waals surface area contributed by atoms with Gasteiger partial charge in [0.2, 0.25) is 0 Å². The number of benzene rings is 5. The molecule has 5 aromatic rings. The number of anilines is 4. The second-order valence-corrected chi connectivity index (χ2v) is 17.1. The van der Waals surface area contributed by atoms with E-state index in [0.717, 1.165) is 45.7 Å². The largest absolute Gasteiger partial charge is 0.493 e. The van der Waals surface area contributed by atoms with Gasteiger partial charge in [-0.05, 0) is 77.6 Å². The first-order chi connectivity index (χ1) is 32.6. The zero-order valence-corrected chi connectivity index (χ0v) is 37.3. The first-order valence-electron chi connectivity index (χ1n) is 22.3. The van der Waals surface area contributed by atoms with Crippen LogP contribution in [0.2, 0.25) is 0 Å². The van der Waals surface area contributed by atoms with Gasteiger partial charge in [-0.25, -0.2) is 4.79 Å². The number of rotatable bonds is 14. The SMILES string of the molecule is COc1cc2c(cc1OCc1cc(COc3cc4c(cc3OC)C(=O)N3c5ccccc5C[C@H]3CN4)cc(N(C)CCCC(=O)ON3C(=O)CCC3=O)c1)N=C[C@@H]1Cc3ccccc3N1C2=O. The summed E-state index contributed by atoms with van der Waals surface area (Å²) in [6.07, 6.45) is 3.63. The summed E-state index contributed by atoms with van der Waals surface area (Å²) in [5.41, 5.74) is 8.41. The van der Waals surface area contributed by atoms with Crippen LogP contribution in [0.1, 0.15) is 68.7 Å². The maximum atomic E-state index is 14.1. The summed E-state index contributed by atoms with van der Waals surface area (Å²) in [6, 6.07) is 28.5. The van der Waals surface area contributed by atoms with Crippen molar-refractivity contribution < 1.29 is 47.8 Å². The van der Waals surface area contributed by atoms with Crippen LogP contribution < -0.4 is 39.0 Å². The molecule has 1 N–H and O–H groups in total. The molecule has 5 aliphatic rings. The van der Waals surface area contributed by atoms with Crippen LogP contribution in [-0.2, 0) is 45.3 Å². The van der Waals surface area contributed by atoms with Crippen molar-refractivity contribution in [2.45, 2.75) is 63.8 Å². The molecule has 5 aliphatic heterocycles. The highest BCUT2D eigenvalue weighted by Crippen LogP contribution is 2.43. The maximum Gasteiger partial charge on any atom is 0.333 e. The van der Waals surface area contributed by atoms with Crippen molar-refractivity contribution in [3.8, 4) is 23.0 Å². The van der Waals surface area contributed by atoms with Crippen LogP contribution >= 0.6 is 0 Å². The number of methoxy groups -OCH3 is 2. The van der Waals surface area contributed by atoms with E-state index in [1.54, 1.807) is 30.2 Å². The molecule has 10 rings (SSSR count). The fraction of sp³-hybridized carbons (Fsp3) is 0.294. The number of nitrogens with zero attached hydrogens (tertiary/aromatic N) is 5. The smallest absolute Gasteiger partial charge is 0.333 e. The summed E-state index contributed by atoms with van der Waals surface area (Å²) in [4.78, 5) is 80.2. The molecule has 0 radical (unpaired) electrons. The molecule has 67 heavy (non-hydrogen) atoms. The van der Waals surface area contributed by atoms with Gasteiger partial charge in [0.25, 0.3) is 23.6 Å². The average Bonchev–Trinajstić information content (AvgIpc) is 3.96. The van der Waals surface area contributed by atoms with Crippen LogP contribution in [0.25, 0.3) is 0 Å². The average molecular weight is 905 g/mol. The van der Waals surface area contributed by atoms with Crippen molar-refractivity contribution >= 4 is 64.2 Å². The Labute approximate surface area is 386 Å². The van der Waals surface area contributed by atoms with Crippen molar-refractivity contribution in [2.75, 3.05) is 54.4 Å². The number of fused-ring (bicyclic) bond motifs is 8. The molecule has 1 saturated heterocycles. The lowest BCUT2D eigenvalue weighted by molar-refractivity contribution is -0.197. The minimum absolute atomic E-state index is 0.0199. The van der Waals surface area contributed by atoms with Crippen LogP contribution in [-0.4, -0.2) is 87.3 Å². The van der Waals surface area contributed by atoms with Crippen molar-refractivity contribution in [3.05, 3.63) is 124 Å². The highest BCUT2D eigenvalue weighted by Gasteiger charge is 2.39. The van der Waals surface area contributed by atoms with E-state index in [-0.39, 0.29) is 56.4 Å². The van der Waals surface area contributed by atoms with Gasteiger partial charge in [-0.1, -0.05) is 36.4 Å². The normalized spacial score (nSPS) is 17.6. The molecule has 5 aromatic carbocycles. The lowest BCUT2D eigenvalue weighted by atomic mass is 10.1. The van der Waals surface area contributed by atoms with E-state index in [0.29, 0.717) is 76.5 Å². The minimum Gasteiger partial charge on any atom is -0.493 e. The third-order valence-corrected chi connectivity index (χ3v) is 12.8. The molecule has 0 bridgehead atoms. The molecule has 5 heterocycles. The van der Waals surface area contributed by atoms with Gasteiger partial charge in [-0.15, -0.1) is 5.06 Å². The Morgan fingerprint density at radius 3 is 2.03 bits per heavy atom. The molecule has 0 spiro atoms. The Morgan fingerprint density at radius 2 is 1.34 bits per heavy atom. The molecule has 4 amide bonds. The molecule has 342 valence electrons. The van der Waals surface area contributed by atoms with Gasteiger partial charge in [0, 0.05) is 81.2 Å². The second kappa shape index (κ2) is 17.8. The number of aliphatic imine (C=N–C) groups is 1. The third kappa shape index (κ3) is 8.23. The number of hydroxylamine groups is 2. The standard InChI is InChI=1S/C51H48N6O10/c1-54(16-8-13-49(60)67-57-47(58)14-15-48(57)59)34-18-30(28-65-45-24-39-37(22-43(45)63-2)50(61)55-35(26-52-39)20-32-9-4-6-11-41(32)55)17-31(19-34)29-66-46-25-40-38(23-44(46)64-3)51(62)56-36(27-53-40)21-33-10-5-7-12-42(33)56/h4-7,9-12,17-19,22-26,35-36,53H,8,13-16,20-21,27-29H2,1-3H3/t35-,36-/m0/s1. The lowest BCUT2D eigenvalue weighted by Crippen LogP contribution is -2.39. The highest BCUT2D eigenvalue weighted by atomic mass is 16.7. The number of amides is 4. The molecule has 0 aromatic heterocycles. The van der Waals surface area contributed by atoms with Crippen LogP contribution in [0, 0.1) is 0 Å². The Bertz CT molecular complexity index is 2870. The number of hydrogen-bond acceptors (Lipinski definition) is 13. The van der Waals surface area contributed by atoms with E-state index in [4.69, 9.17) is 28.8 Å². The number of para-hydroxylation sites is 2. The van der Waals surface area contributed by atoms with E-state index < -0.39 is 17.8 Å². The van der Waals surface area contributed by atoms with Crippen LogP contribution in [0.3, 0.4) is 0 Å². The minimum atomic E-state index is -0.671. The fourth-order valence-electron chi connectivity index (χ4n) is 9.45. The van der Waals surface area contributed by atoms with Gasteiger partial charge >= 0.3 is 5.97 Å². The van der Waals surface area contributed by atoms with Gasteiger partial charge in [-0.3, -0.25) is 29.1 Å². The van der Waals surface area contributed by atoms with E-state index in [1.807, 2.05) is 89.8 Å². The Hall–Kier alpha value is -7.88. The number of carbonyl (C=O) groups excluding carboxylic acids is 5. The molecule has 1 fully saturated rings. The predicted octanol–water partition coefficient (Wildman–Crippen LogP) is 6.97. The van der Waals surface area contributed by atoms with Crippen molar-refractivity contribution in [3.63, 3.8) is 0 Å². The second-order valence-electron chi connectivity index (χ2n) is 17.1. The van der Waals surface area contributed by atoms with Gasteiger partial charge < -0.3 is 38.9 Å². The number of nitrogens with one attached hydrogen (secondary N) is 1. The van der Waals surface area contributed by atoms with Gasteiger partial charge in [0.1, 0.15) is 13.2 Å². The third-order valence-electron chi connectivity index (χ3n) is 12.8. The summed E-state index contributed by atoms with van der Waals surface area (Å²) in [7, 11) is 4.96. The number of imide groups is 1. The Balaban J connectivity index is 0.893. The summed E-state index contributed by atoms with van der Waals surface area (Å²) >= 11 is 0. The van der Waals surface area contributed by atoms with E-state index >= 15 is 0 Å². The molecule has 0 unspecified atom stereocenters. The molecule has 16 nitrogen and oxygen atoms in total. The van der Waals surface area contributed by atoms with Gasteiger partial charge in [0.05, 0.1) is 48.8 Å². The zero-order valence-electron chi connectivity index (χ0n) is 37.3. The summed E-state index contributed by atoms with van der Waals surface area (Å²) in [6.45, 7) is 1.20. The molecule has 16 heteroatoms.